The van der Waals surface area contributed by atoms with Crippen LogP contribution in [0, 0.1) is 11.6 Å². The van der Waals surface area contributed by atoms with Crippen LogP contribution < -0.4 is 5.32 Å². The summed E-state index contributed by atoms with van der Waals surface area (Å²) in [5.41, 5.74) is 0. The molecule has 88 valence electrons. The van der Waals surface area contributed by atoms with Crippen LogP contribution in [-0.4, -0.2) is 17.0 Å². The maximum atomic E-state index is 13.4. The molecular formula is C11H9F2N3S. The van der Waals surface area contributed by atoms with Gasteiger partial charge in [-0.1, -0.05) is 11.8 Å². The second kappa shape index (κ2) is 5.09. The summed E-state index contributed by atoms with van der Waals surface area (Å²) in [4.78, 5) is 8.40. The van der Waals surface area contributed by atoms with Crippen molar-refractivity contribution < 1.29 is 8.78 Å². The molecule has 0 aliphatic carbocycles. The zero-order valence-electron chi connectivity index (χ0n) is 8.95. The summed E-state index contributed by atoms with van der Waals surface area (Å²) in [5, 5.41) is 3.38. The number of hydrogen-bond donors (Lipinski definition) is 1. The first-order valence-electron chi connectivity index (χ1n) is 4.83. The highest BCUT2D eigenvalue weighted by molar-refractivity contribution is 7.99. The molecule has 1 aromatic heterocycles. The van der Waals surface area contributed by atoms with Gasteiger partial charge >= 0.3 is 0 Å². The summed E-state index contributed by atoms with van der Waals surface area (Å²) >= 11 is 1.12. The SMILES string of the molecule is CNc1nccc(Sc2ccc(F)cc2F)n1. The van der Waals surface area contributed by atoms with Crippen molar-refractivity contribution in [3.05, 3.63) is 42.1 Å². The van der Waals surface area contributed by atoms with E-state index in [0.717, 1.165) is 17.8 Å². The average molecular weight is 253 g/mol. The molecule has 1 aromatic carbocycles. The van der Waals surface area contributed by atoms with E-state index in [1.807, 2.05) is 0 Å². The summed E-state index contributed by atoms with van der Waals surface area (Å²) in [6.45, 7) is 0. The Labute approximate surface area is 101 Å². The van der Waals surface area contributed by atoms with Gasteiger partial charge in [-0.05, 0) is 18.2 Å². The summed E-state index contributed by atoms with van der Waals surface area (Å²) in [5.74, 6) is -0.734. The number of anilines is 1. The predicted octanol–water partition coefficient (Wildman–Crippen LogP) is 2.95. The van der Waals surface area contributed by atoms with Crippen LogP contribution in [0.4, 0.5) is 14.7 Å². The standard InChI is InChI=1S/C11H9F2N3S/c1-14-11-15-5-4-10(16-11)17-9-3-2-7(12)6-8(9)13/h2-6H,1H3,(H,14,15,16). The molecule has 2 rings (SSSR count). The number of nitrogens with one attached hydrogen (secondary N) is 1. The minimum absolute atomic E-state index is 0.326. The lowest BCUT2D eigenvalue weighted by Crippen LogP contribution is -1.96. The van der Waals surface area contributed by atoms with E-state index in [9.17, 15) is 8.78 Å². The van der Waals surface area contributed by atoms with E-state index in [4.69, 9.17) is 0 Å². The first-order chi connectivity index (χ1) is 8.19. The predicted molar refractivity (Wildman–Crippen MR) is 62.1 cm³/mol. The summed E-state index contributed by atoms with van der Waals surface area (Å²) in [7, 11) is 1.70. The number of aromatic nitrogens is 2. The largest absolute Gasteiger partial charge is 0.357 e. The second-order valence-corrected chi connectivity index (χ2v) is 4.21. The van der Waals surface area contributed by atoms with Gasteiger partial charge in [-0.25, -0.2) is 18.7 Å². The number of hydrogen-bond acceptors (Lipinski definition) is 4. The van der Waals surface area contributed by atoms with Gasteiger partial charge in [0.1, 0.15) is 16.7 Å². The molecule has 2 aromatic rings. The van der Waals surface area contributed by atoms with E-state index >= 15 is 0 Å². The molecule has 0 fully saturated rings. The van der Waals surface area contributed by atoms with E-state index in [0.29, 0.717) is 15.9 Å². The molecule has 0 aliphatic heterocycles. The highest BCUT2D eigenvalue weighted by atomic mass is 32.2. The van der Waals surface area contributed by atoms with Gasteiger partial charge in [0.25, 0.3) is 0 Å². The summed E-state index contributed by atoms with van der Waals surface area (Å²) in [6, 6.07) is 5.11. The smallest absolute Gasteiger partial charge is 0.223 e. The molecule has 1 N–H and O–H groups in total. The molecule has 0 saturated carbocycles. The Bertz CT molecular complexity index is 534. The molecule has 0 spiro atoms. The van der Waals surface area contributed by atoms with Gasteiger partial charge in [0.05, 0.1) is 0 Å². The molecule has 17 heavy (non-hydrogen) atoms. The van der Waals surface area contributed by atoms with Gasteiger partial charge in [0.15, 0.2) is 0 Å². The maximum Gasteiger partial charge on any atom is 0.223 e. The number of nitrogens with zero attached hydrogens (tertiary/aromatic N) is 2. The fraction of sp³-hybridized carbons (Fsp3) is 0.0909. The van der Waals surface area contributed by atoms with Crippen molar-refractivity contribution in [1.82, 2.24) is 9.97 Å². The normalized spacial score (nSPS) is 10.3. The van der Waals surface area contributed by atoms with Crippen LogP contribution in [0.3, 0.4) is 0 Å². The Balaban J connectivity index is 2.25. The van der Waals surface area contributed by atoms with Crippen molar-refractivity contribution in [2.24, 2.45) is 0 Å². The lowest BCUT2D eigenvalue weighted by Gasteiger charge is -2.04. The van der Waals surface area contributed by atoms with Crippen LogP contribution >= 0.6 is 11.8 Å². The molecule has 6 heteroatoms. The Kier molecular flexibility index (Phi) is 3.53. The minimum atomic E-state index is -0.598. The van der Waals surface area contributed by atoms with Gasteiger partial charge in [0, 0.05) is 24.2 Å². The van der Waals surface area contributed by atoms with Crippen LogP contribution in [0.1, 0.15) is 0 Å². The highest BCUT2D eigenvalue weighted by Gasteiger charge is 2.07. The third-order valence-electron chi connectivity index (χ3n) is 1.96. The van der Waals surface area contributed by atoms with E-state index in [1.54, 1.807) is 19.3 Å². The Hall–Kier alpha value is -1.69. The topological polar surface area (TPSA) is 37.8 Å². The van der Waals surface area contributed by atoms with Crippen molar-refractivity contribution in [3.63, 3.8) is 0 Å². The second-order valence-electron chi connectivity index (χ2n) is 3.15. The third-order valence-corrected chi connectivity index (χ3v) is 2.95. The van der Waals surface area contributed by atoms with Crippen LogP contribution in [-0.2, 0) is 0 Å². The van der Waals surface area contributed by atoms with E-state index in [-0.39, 0.29) is 0 Å². The van der Waals surface area contributed by atoms with Gasteiger partial charge in [-0.15, -0.1) is 0 Å². The van der Waals surface area contributed by atoms with Gasteiger partial charge in [-0.3, -0.25) is 0 Å². The molecule has 0 bridgehead atoms. The van der Waals surface area contributed by atoms with Crippen molar-refractivity contribution >= 4 is 17.7 Å². The Morgan fingerprint density at radius 2 is 2.06 bits per heavy atom. The average Bonchev–Trinajstić information content (AvgIpc) is 2.33. The number of benzene rings is 1. The summed E-state index contributed by atoms with van der Waals surface area (Å²) < 4.78 is 26.1. The van der Waals surface area contributed by atoms with E-state index in [1.165, 1.54) is 12.1 Å². The number of halogens is 2. The van der Waals surface area contributed by atoms with Crippen molar-refractivity contribution in [2.75, 3.05) is 12.4 Å². The van der Waals surface area contributed by atoms with Gasteiger partial charge in [0.2, 0.25) is 5.95 Å². The Morgan fingerprint density at radius 1 is 1.24 bits per heavy atom. The minimum Gasteiger partial charge on any atom is -0.357 e. The number of rotatable bonds is 3. The fourth-order valence-electron chi connectivity index (χ4n) is 1.19. The molecule has 0 radical (unpaired) electrons. The zero-order chi connectivity index (χ0) is 12.3. The molecule has 0 saturated heterocycles. The lowest BCUT2D eigenvalue weighted by molar-refractivity contribution is 0.565. The maximum absolute atomic E-state index is 13.4. The summed E-state index contributed by atoms with van der Waals surface area (Å²) in [6.07, 6.45) is 1.57. The first kappa shape index (κ1) is 11.8. The van der Waals surface area contributed by atoms with Crippen molar-refractivity contribution in [2.45, 2.75) is 9.92 Å². The van der Waals surface area contributed by atoms with Crippen molar-refractivity contribution in [1.29, 1.82) is 0 Å². The van der Waals surface area contributed by atoms with Crippen molar-refractivity contribution in [3.8, 4) is 0 Å². The molecule has 0 unspecified atom stereocenters. The van der Waals surface area contributed by atoms with Gasteiger partial charge < -0.3 is 5.32 Å². The molecular weight excluding hydrogens is 244 g/mol. The van der Waals surface area contributed by atoms with E-state index < -0.39 is 11.6 Å². The highest BCUT2D eigenvalue weighted by Crippen LogP contribution is 2.28. The lowest BCUT2D eigenvalue weighted by atomic mass is 10.3. The van der Waals surface area contributed by atoms with Crippen LogP contribution in [0.25, 0.3) is 0 Å². The van der Waals surface area contributed by atoms with Crippen LogP contribution in [0.15, 0.2) is 40.4 Å². The van der Waals surface area contributed by atoms with Crippen LogP contribution in [0.5, 0.6) is 0 Å². The van der Waals surface area contributed by atoms with E-state index in [2.05, 4.69) is 15.3 Å². The molecule has 0 aliphatic rings. The van der Waals surface area contributed by atoms with Gasteiger partial charge in [-0.2, -0.15) is 0 Å². The fourth-order valence-corrected chi connectivity index (χ4v) is 1.97. The first-order valence-corrected chi connectivity index (χ1v) is 5.64. The molecule has 3 nitrogen and oxygen atoms in total. The molecule has 0 atom stereocenters. The zero-order valence-corrected chi connectivity index (χ0v) is 9.76. The molecule has 0 amide bonds. The molecule has 1 heterocycles. The van der Waals surface area contributed by atoms with Crippen LogP contribution in [0.2, 0.25) is 0 Å². The quantitative estimate of drug-likeness (QED) is 0.853. The third kappa shape index (κ3) is 2.91. The Morgan fingerprint density at radius 3 is 2.76 bits per heavy atom. The monoisotopic (exact) mass is 253 g/mol.